The van der Waals surface area contributed by atoms with Gasteiger partial charge in [-0.2, -0.15) is 0 Å². The number of rotatable bonds is 9. The van der Waals surface area contributed by atoms with Crippen LogP contribution < -0.4 is 5.69 Å². The molecule has 3 aromatic rings. The van der Waals surface area contributed by atoms with Gasteiger partial charge in [0.1, 0.15) is 5.15 Å². The normalized spacial score (nSPS) is 14.4. The fourth-order valence-electron chi connectivity index (χ4n) is 5.13. The quantitative estimate of drug-likeness (QED) is 0.373. The minimum Gasteiger partial charge on any atom is -0.478 e. The number of carbonyl (C=O) groups is 1. The van der Waals surface area contributed by atoms with Crippen molar-refractivity contribution in [3.05, 3.63) is 81.0 Å². The molecule has 1 heterocycles. The van der Waals surface area contributed by atoms with Crippen molar-refractivity contribution in [1.82, 2.24) is 9.13 Å². The van der Waals surface area contributed by atoms with Crippen molar-refractivity contribution in [1.29, 1.82) is 0 Å². The number of hydrogen-bond donors (Lipinski definition) is 1. The maximum atomic E-state index is 13.3. The molecule has 4 rings (SSSR count). The Labute approximate surface area is 206 Å². The second-order valence-corrected chi connectivity index (χ2v) is 9.71. The average molecular weight is 481 g/mol. The molecule has 1 aliphatic carbocycles. The summed E-state index contributed by atoms with van der Waals surface area (Å²) in [4.78, 5) is 24.9. The Morgan fingerprint density at radius 1 is 1.03 bits per heavy atom. The van der Waals surface area contributed by atoms with E-state index in [2.05, 4.69) is 6.92 Å². The lowest BCUT2D eigenvalue weighted by Gasteiger charge is -2.21. The smallest absolute Gasteiger partial charge is 0.336 e. The molecule has 0 bridgehead atoms. The molecule has 1 N–H and O–H groups in total. The molecule has 0 atom stereocenters. The Morgan fingerprint density at radius 3 is 2.41 bits per heavy atom. The van der Waals surface area contributed by atoms with Crippen LogP contribution in [0.3, 0.4) is 0 Å². The molecule has 2 aromatic carbocycles. The van der Waals surface area contributed by atoms with E-state index in [9.17, 15) is 14.7 Å². The number of carboxylic acid groups (broad SMARTS) is 1. The maximum Gasteiger partial charge on any atom is 0.336 e. The number of benzene rings is 2. The number of nitrogens with zero attached hydrogens (tertiary/aromatic N) is 2. The number of aromatic carboxylic acids is 1. The van der Waals surface area contributed by atoms with Crippen molar-refractivity contribution in [2.24, 2.45) is 5.92 Å². The van der Waals surface area contributed by atoms with Crippen molar-refractivity contribution in [2.45, 2.75) is 71.4 Å². The summed E-state index contributed by atoms with van der Waals surface area (Å²) in [6, 6.07) is 14.8. The number of halogens is 1. The van der Waals surface area contributed by atoms with Crippen LogP contribution in [0.25, 0.3) is 11.1 Å². The molecular weight excluding hydrogens is 448 g/mol. The second kappa shape index (κ2) is 11.1. The molecule has 0 spiro atoms. The molecule has 1 fully saturated rings. The summed E-state index contributed by atoms with van der Waals surface area (Å²) in [6.45, 7) is 3.22. The number of hydrogen-bond acceptors (Lipinski definition) is 2. The summed E-state index contributed by atoms with van der Waals surface area (Å²) in [5.74, 6) is -0.254. The van der Waals surface area contributed by atoms with Gasteiger partial charge in [-0.25, -0.2) is 9.59 Å². The van der Waals surface area contributed by atoms with E-state index in [1.54, 1.807) is 16.7 Å². The highest BCUT2D eigenvalue weighted by molar-refractivity contribution is 6.30. The van der Waals surface area contributed by atoms with E-state index < -0.39 is 5.97 Å². The van der Waals surface area contributed by atoms with Crippen molar-refractivity contribution >= 4 is 17.6 Å². The van der Waals surface area contributed by atoms with Gasteiger partial charge in [0, 0.05) is 6.54 Å². The van der Waals surface area contributed by atoms with Crippen LogP contribution in [0.2, 0.25) is 5.15 Å². The van der Waals surface area contributed by atoms with Crippen LogP contribution in [0.4, 0.5) is 0 Å². The first-order chi connectivity index (χ1) is 16.5. The topological polar surface area (TPSA) is 64.2 Å². The predicted octanol–water partition coefficient (Wildman–Crippen LogP) is 6.64. The zero-order chi connectivity index (χ0) is 24.1. The highest BCUT2D eigenvalue weighted by Gasteiger charge is 2.20. The fourth-order valence-corrected chi connectivity index (χ4v) is 5.48. The summed E-state index contributed by atoms with van der Waals surface area (Å²) in [5, 5.41) is 10.1. The van der Waals surface area contributed by atoms with E-state index in [-0.39, 0.29) is 11.3 Å². The fraction of sp³-hybridized carbons (Fsp3) is 0.429. The van der Waals surface area contributed by atoms with E-state index >= 15 is 0 Å². The van der Waals surface area contributed by atoms with E-state index in [4.69, 9.17) is 11.6 Å². The lowest BCUT2D eigenvalue weighted by molar-refractivity contribution is 0.0697. The standard InChI is InChI=1S/C28H33ClN2O3/c1-2-8-25-26(29)30(18-17-20-9-4-3-5-10-20)28(34)31(25)19-21-13-15-22(16-14-21)23-11-6-7-12-24(23)27(32)33/h6-7,11-16,20H,2-5,8-10,17-19H2,1H3,(H,32,33). The predicted molar refractivity (Wildman–Crippen MR) is 137 cm³/mol. The molecule has 5 nitrogen and oxygen atoms in total. The molecular formula is C28H33ClN2O3. The van der Waals surface area contributed by atoms with Crippen LogP contribution >= 0.6 is 11.6 Å². The van der Waals surface area contributed by atoms with E-state index in [0.717, 1.165) is 36.1 Å². The molecule has 0 saturated heterocycles. The molecule has 34 heavy (non-hydrogen) atoms. The molecule has 180 valence electrons. The number of carboxylic acids is 1. The lowest BCUT2D eigenvalue weighted by atomic mass is 9.87. The zero-order valence-corrected chi connectivity index (χ0v) is 20.6. The van der Waals surface area contributed by atoms with Gasteiger partial charge in [-0.1, -0.05) is 99.5 Å². The molecule has 0 amide bonds. The Hall–Kier alpha value is -2.79. The average Bonchev–Trinajstić information content (AvgIpc) is 3.07. The van der Waals surface area contributed by atoms with Crippen molar-refractivity contribution in [3.63, 3.8) is 0 Å². The van der Waals surface area contributed by atoms with Gasteiger partial charge in [-0.05, 0) is 41.5 Å². The zero-order valence-electron chi connectivity index (χ0n) is 19.8. The third-order valence-corrected chi connectivity index (χ3v) is 7.42. The van der Waals surface area contributed by atoms with Crippen LogP contribution in [0.5, 0.6) is 0 Å². The third-order valence-electron chi connectivity index (χ3n) is 7.00. The van der Waals surface area contributed by atoms with Crippen LogP contribution in [0.1, 0.15) is 73.5 Å². The maximum absolute atomic E-state index is 13.3. The number of imidazole rings is 1. The van der Waals surface area contributed by atoms with E-state index in [1.165, 1.54) is 32.1 Å². The first kappa shape index (κ1) is 24.3. The molecule has 6 heteroatoms. The Bertz CT molecular complexity index is 1190. The summed E-state index contributed by atoms with van der Waals surface area (Å²) < 4.78 is 3.57. The first-order valence-electron chi connectivity index (χ1n) is 12.4. The van der Waals surface area contributed by atoms with Gasteiger partial charge in [-0.15, -0.1) is 0 Å². The highest BCUT2D eigenvalue weighted by Crippen LogP contribution is 2.28. The minimum absolute atomic E-state index is 0.0374. The molecule has 1 saturated carbocycles. The molecule has 0 radical (unpaired) electrons. The minimum atomic E-state index is -0.945. The lowest BCUT2D eigenvalue weighted by Crippen LogP contribution is -2.26. The van der Waals surface area contributed by atoms with Crippen LogP contribution in [-0.2, 0) is 19.5 Å². The summed E-state index contributed by atoms with van der Waals surface area (Å²) in [7, 11) is 0. The summed E-state index contributed by atoms with van der Waals surface area (Å²) in [5.41, 5.74) is 3.64. The van der Waals surface area contributed by atoms with Crippen LogP contribution in [0.15, 0.2) is 53.3 Å². The van der Waals surface area contributed by atoms with Gasteiger partial charge in [0.25, 0.3) is 0 Å². The van der Waals surface area contributed by atoms with Gasteiger partial charge >= 0.3 is 11.7 Å². The third kappa shape index (κ3) is 5.30. The Morgan fingerprint density at radius 2 is 1.74 bits per heavy atom. The SMILES string of the molecule is CCCc1c(Cl)n(CCC2CCCCC2)c(=O)n1Cc1ccc(-c2ccccc2C(=O)O)cc1. The van der Waals surface area contributed by atoms with Crippen molar-refractivity contribution in [2.75, 3.05) is 0 Å². The van der Waals surface area contributed by atoms with Gasteiger partial charge in [0.05, 0.1) is 17.8 Å². The summed E-state index contributed by atoms with van der Waals surface area (Å²) in [6.07, 6.45) is 9.11. The van der Waals surface area contributed by atoms with Gasteiger partial charge in [-0.3, -0.25) is 9.13 Å². The van der Waals surface area contributed by atoms with E-state index in [0.29, 0.717) is 29.7 Å². The Balaban J connectivity index is 1.57. The molecule has 0 aliphatic heterocycles. The monoisotopic (exact) mass is 480 g/mol. The first-order valence-corrected chi connectivity index (χ1v) is 12.8. The van der Waals surface area contributed by atoms with Gasteiger partial charge in [0.15, 0.2) is 0 Å². The largest absolute Gasteiger partial charge is 0.478 e. The van der Waals surface area contributed by atoms with Crippen LogP contribution in [0, 0.1) is 5.92 Å². The summed E-state index contributed by atoms with van der Waals surface area (Å²) >= 11 is 6.74. The molecule has 1 aromatic heterocycles. The van der Waals surface area contributed by atoms with E-state index in [1.807, 2.05) is 41.0 Å². The van der Waals surface area contributed by atoms with Crippen molar-refractivity contribution < 1.29 is 9.90 Å². The van der Waals surface area contributed by atoms with Crippen LogP contribution in [-0.4, -0.2) is 20.2 Å². The van der Waals surface area contributed by atoms with Gasteiger partial charge < -0.3 is 5.11 Å². The second-order valence-electron chi connectivity index (χ2n) is 9.35. The van der Waals surface area contributed by atoms with Crippen molar-refractivity contribution in [3.8, 4) is 11.1 Å². The molecule has 0 unspecified atom stereocenters. The highest BCUT2D eigenvalue weighted by atomic mass is 35.5. The number of aromatic nitrogens is 2. The Kier molecular flexibility index (Phi) is 7.94. The molecule has 1 aliphatic rings. The van der Waals surface area contributed by atoms with Gasteiger partial charge in [0.2, 0.25) is 0 Å².